The quantitative estimate of drug-likeness (QED) is 0.844. The van der Waals surface area contributed by atoms with Crippen LogP contribution in [0.15, 0.2) is 24.3 Å². The Balaban J connectivity index is 1.85. The standard InChI is InChI=1S/C15H20N2O4/c1-20-12-7-2-3-8-13(12)21-10-14(18)17-11-6-4-5-9-16-15(11)19/h2-3,7-8,11H,4-6,9-10H2,1H3,(H,16,19)(H,17,18). The lowest BCUT2D eigenvalue weighted by molar-refractivity contribution is -0.129. The van der Waals surface area contributed by atoms with E-state index in [0.29, 0.717) is 24.5 Å². The third-order valence-corrected chi connectivity index (χ3v) is 3.30. The van der Waals surface area contributed by atoms with Crippen molar-refractivity contribution in [1.82, 2.24) is 10.6 Å². The van der Waals surface area contributed by atoms with Gasteiger partial charge in [-0.15, -0.1) is 0 Å². The van der Waals surface area contributed by atoms with E-state index in [1.165, 1.54) is 7.11 Å². The molecule has 2 rings (SSSR count). The van der Waals surface area contributed by atoms with E-state index < -0.39 is 6.04 Å². The fraction of sp³-hybridized carbons (Fsp3) is 0.467. The second-order valence-corrected chi connectivity index (χ2v) is 4.85. The lowest BCUT2D eigenvalue weighted by atomic mass is 10.1. The van der Waals surface area contributed by atoms with Gasteiger partial charge in [0.2, 0.25) is 5.91 Å². The molecule has 1 aliphatic rings. The molecule has 21 heavy (non-hydrogen) atoms. The number of nitrogens with one attached hydrogen (secondary N) is 2. The van der Waals surface area contributed by atoms with Crippen LogP contribution in [0.25, 0.3) is 0 Å². The first-order chi connectivity index (χ1) is 10.2. The minimum absolute atomic E-state index is 0.127. The number of rotatable bonds is 5. The molecule has 0 radical (unpaired) electrons. The first kappa shape index (κ1) is 15.2. The Labute approximate surface area is 123 Å². The highest BCUT2D eigenvalue weighted by Gasteiger charge is 2.22. The predicted octanol–water partition coefficient (Wildman–Crippen LogP) is 0.859. The molecule has 6 nitrogen and oxygen atoms in total. The molecular formula is C15H20N2O4. The highest BCUT2D eigenvalue weighted by atomic mass is 16.5. The summed E-state index contributed by atoms with van der Waals surface area (Å²) in [5.74, 6) is 0.624. The fourth-order valence-electron chi connectivity index (χ4n) is 2.19. The van der Waals surface area contributed by atoms with E-state index in [9.17, 15) is 9.59 Å². The number of hydrogen-bond donors (Lipinski definition) is 2. The predicted molar refractivity (Wildman–Crippen MR) is 77.3 cm³/mol. The van der Waals surface area contributed by atoms with E-state index in [2.05, 4.69) is 10.6 Å². The smallest absolute Gasteiger partial charge is 0.258 e. The van der Waals surface area contributed by atoms with Crippen LogP contribution in [0.5, 0.6) is 11.5 Å². The number of benzene rings is 1. The van der Waals surface area contributed by atoms with Crippen LogP contribution in [0.4, 0.5) is 0 Å². The van der Waals surface area contributed by atoms with E-state index in [1.807, 2.05) is 6.07 Å². The number of carbonyl (C=O) groups is 2. The second kappa shape index (κ2) is 7.52. The topological polar surface area (TPSA) is 76.7 Å². The Kier molecular flexibility index (Phi) is 5.43. The first-order valence-electron chi connectivity index (χ1n) is 7.03. The van der Waals surface area contributed by atoms with Crippen LogP contribution in [0, 0.1) is 0 Å². The number of ether oxygens (including phenoxy) is 2. The van der Waals surface area contributed by atoms with Crippen molar-refractivity contribution >= 4 is 11.8 Å². The zero-order valence-electron chi connectivity index (χ0n) is 12.1. The fourth-order valence-corrected chi connectivity index (χ4v) is 2.19. The van der Waals surface area contributed by atoms with Gasteiger partial charge in [-0.2, -0.15) is 0 Å². The first-order valence-corrected chi connectivity index (χ1v) is 7.03. The van der Waals surface area contributed by atoms with Crippen molar-refractivity contribution in [3.8, 4) is 11.5 Å². The molecule has 1 atom stereocenters. The maximum Gasteiger partial charge on any atom is 0.258 e. The summed E-state index contributed by atoms with van der Waals surface area (Å²) in [7, 11) is 1.54. The zero-order valence-corrected chi connectivity index (χ0v) is 12.1. The molecule has 0 saturated carbocycles. The number of methoxy groups -OCH3 is 1. The van der Waals surface area contributed by atoms with Crippen molar-refractivity contribution in [1.29, 1.82) is 0 Å². The summed E-state index contributed by atoms with van der Waals surface area (Å²) in [4.78, 5) is 23.6. The third-order valence-electron chi connectivity index (χ3n) is 3.30. The number of carbonyl (C=O) groups excluding carboxylic acids is 2. The van der Waals surface area contributed by atoms with Gasteiger partial charge in [0.05, 0.1) is 7.11 Å². The van der Waals surface area contributed by atoms with Crippen molar-refractivity contribution in [3.63, 3.8) is 0 Å². The Bertz CT molecular complexity index is 504. The Hall–Kier alpha value is -2.24. The van der Waals surface area contributed by atoms with E-state index in [4.69, 9.17) is 9.47 Å². The van der Waals surface area contributed by atoms with Gasteiger partial charge < -0.3 is 20.1 Å². The number of amides is 2. The molecule has 2 N–H and O–H groups in total. The summed E-state index contributed by atoms with van der Waals surface area (Å²) in [5, 5.41) is 5.48. The molecule has 1 fully saturated rings. The molecule has 1 aromatic rings. The average Bonchev–Trinajstić information content (AvgIpc) is 2.70. The maximum atomic E-state index is 11.9. The van der Waals surface area contributed by atoms with E-state index in [1.54, 1.807) is 18.2 Å². The molecule has 1 heterocycles. The van der Waals surface area contributed by atoms with Crippen molar-refractivity contribution in [3.05, 3.63) is 24.3 Å². The van der Waals surface area contributed by atoms with Gasteiger partial charge in [0.25, 0.3) is 5.91 Å². The molecule has 0 aliphatic carbocycles. The summed E-state index contributed by atoms with van der Waals surface area (Å²) in [5.41, 5.74) is 0. The second-order valence-electron chi connectivity index (χ2n) is 4.85. The zero-order chi connectivity index (χ0) is 15.1. The average molecular weight is 292 g/mol. The van der Waals surface area contributed by atoms with Gasteiger partial charge in [0, 0.05) is 6.54 Å². The third kappa shape index (κ3) is 4.37. The molecule has 114 valence electrons. The molecule has 0 spiro atoms. The monoisotopic (exact) mass is 292 g/mol. The molecule has 1 aliphatic heterocycles. The summed E-state index contributed by atoms with van der Waals surface area (Å²) in [6, 6.07) is 6.63. The van der Waals surface area contributed by atoms with Crippen molar-refractivity contribution in [2.24, 2.45) is 0 Å². The summed E-state index contributed by atoms with van der Waals surface area (Å²) in [6.07, 6.45) is 2.51. The molecule has 6 heteroatoms. The molecule has 1 saturated heterocycles. The van der Waals surface area contributed by atoms with E-state index in [0.717, 1.165) is 12.8 Å². The lowest BCUT2D eigenvalue weighted by Gasteiger charge is -2.16. The van der Waals surface area contributed by atoms with E-state index >= 15 is 0 Å². The molecule has 0 bridgehead atoms. The number of para-hydroxylation sites is 2. The van der Waals surface area contributed by atoms with Crippen LogP contribution in [-0.4, -0.2) is 38.1 Å². The maximum absolute atomic E-state index is 11.9. The molecular weight excluding hydrogens is 272 g/mol. The van der Waals surface area contributed by atoms with Crippen LogP contribution in [-0.2, 0) is 9.59 Å². The summed E-state index contributed by atoms with van der Waals surface area (Å²) < 4.78 is 10.6. The van der Waals surface area contributed by atoms with Crippen LogP contribution in [0.1, 0.15) is 19.3 Å². The van der Waals surface area contributed by atoms with Crippen LogP contribution in [0.3, 0.4) is 0 Å². The van der Waals surface area contributed by atoms with Gasteiger partial charge in [0.1, 0.15) is 6.04 Å². The summed E-state index contributed by atoms with van der Waals surface area (Å²) in [6.45, 7) is 0.521. The van der Waals surface area contributed by atoms with Gasteiger partial charge in [-0.05, 0) is 31.4 Å². The highest BCUT2D eigenvalue weighted by molar-refractivity contribution is 5.88. The van der Waals surface area contributed by atoms with Gasteiger partial charge in [-0.3, -0.25) is 9.59 Å². The van der Waals surface area contributed by atoms with Gasteiger partial charge in [-0.25, -0.2) is 0 Å². The largest absolute Gasteiger partial charge is 0.493 e. The Morgan fingerprint density at radius 1 is 1.33 bits per heavy atom. The molecule has 1 unspecified atom stereocenters. The van der Waals surface area contributed by atoms with Gasteiger partial charge in [0.15, 0.2) is 18.1 Å². The number of hydrogen-bond acceptors (Lipinski definition) is 4. The highest BCUT2D eigenvalue weighted by Crippen LogP contribution is 2.25. The SMILES string of the molecule is COc1ccccc1OCC(=O)NC1CCCCNC1=O. The van der Waals surface area contributed by atoms with Crippen LogP contribution in [0.2, 0.25) is 0 Å². The summed E-state index contributed by atoms with van der Waals surface area (Å²) >= 11 is 0. The Morgan fingerprint density at radius 3 is 2.86 bits per heavy atom. The van der Waals surface area contributed by atoms with Crippen molar-refractivity contribution < 1.29 is 19.1 Å². The van der Waals surface area contributed by atoms with Gasteiger partial charge >= 0.3 is 0 Å². The van der Waals surface area contributed by atoms with Crippen LogP contribution >= 0.6 is 0 Å². The van der Waals surface area contributed by atoms with Crippen molar-refractivity contribution in [2.45, 2.75) is 25.3 Å². The minimum atomic E-state index is -0.471. The van der Waals surface area contributed by atoms with Gasteiger partial charge in [-0.1, -0.05) is 12.1 Å². The minimum Gasteiger partial charge on any atom is -0.493 e. The molecule has 1 aromatic carbocycles. The van der Waals surface area contributed by atoms with E-state index in [-0.39, 0.29) is 18.4 Å². The lowest BCUT2D eigenvalue weighted by Crippen LogP contribution is -2.46. The Morgan fingerprint density at radius 2 is 2.10 bits per heavy atom. The normalized spacial score (nSPS) is 18.3. The molecule has 0 aromatic heterocycles. The molecule has 2 amide bonds. The van der Waals surface area contributed by atoms with Crippen molar-refractivity contribution in [2.75, 3.05) is 20.3 Å². The van der Waals surface area contributed by atoms with Crippen LogP contribution < -0.4 is 20.1 Å².